The molecule has 0 spiro atoms. The van der Waals surface area contributed by atoms with Gasteiger partial charge in [-0.05, 0) is 54.8 Å². The van der Waals surface area contributed by atoms with Crippen LogP contribution in [0.2, 0.25) is 0 Å². The molecule has 4 rings (SSSR count). The SMILES string of the molecule is CCCOc1ccc(/C(O)=C2\C(=O)C(=O)N(CCN3CCOCC3)C2c2ccc(OC)cc2)cc1C. The number of aliphatic hydroxyl groups is 1. The smallest absolute Gasteiger partial charge is 0.295 e. The molecule has 192 valence electrons. The second-order valence-corrected chi connectivity index (χ2v) is 9.05. The predicted octanol–water partition coefficient (Wildman–Crippen LogP) is 3.55. The Bertz CT molecular complexity index is 1120. The van der Waals surface area contributed by atoms with Gasteiger partial charge in [-0.15, -0.1) is 0 Å². The van der Waals surface area contributed by atoms with Crippen molar-refractivity contribution in [3.8, 4) is 11.5 Å². The highest BCUT2D eigenvalue weighted by atomic mass is 16.5. The van der Waals surface area contributed by atoms with Crippen molar-refractivity contribution in [2.75, 3.05) is 53.1 Å². The molecule has 8 heteroatoms. The zero-order valence-corrected chi connectivity index (χ0v) is 21.2. The minimum atomic E-state index is -0.701. The van der Waals surface area contributed by atoms with Crippen LogP contribution in [0.4, 0.5) is 0 Å². The summed E-state index contributed by atoms with van der Waals surface area (Å²) in [6, 6.07) is 11.8. The second-order valence-electron chi connectivity index (χ2n) is 9.05. The summed E-state index contributed by atoms with van der Waals surface area (Å²) >= 11 is 0. The van der Waals surface area contributed by atoms with Crippen LogP contribution >= 0.6 is 0 Å². The number of nitrogens with zero attached hydrogens (tertiary/aromatic N) is 2. The number of hydrogen-bond donors (Lipinski definition) is 1. The Hall–Kier alpha value is -3.36. The molecule has 2 fully saturated rings. The maximum Gasteiger partial charge on any atom is 0.295 e. The quantitative estimate of drug-likeness (QED) is 0.324. The maximum atomic E-state index is 13.3. The van der Waals surface area contributed by atoms with Gasteiger partial charge in [0.1, 0.15) is 17.3 Å². The van der Waals surface area contributed by atoms with Gasteiger partial charge in [-0.2, -0.15) is 0 Å². The van der Waals surface area contributed by atoms with E-state index in [1.54, 1.807) is 42.3 Å². The van der Waals surface area contributed by atoms with E-state index in [4.69, 9.17) is 14.2 Å². The molecule has 0 aromatic heterocycles. The van der Waals surface area contributed by atoms with Crippen molar-refractivity contribution < 1.29 is 28.9 Å². The standard InChI is InChI=1S/C28H34N2O6/c1-4-15-36-23-10-7-21(18-19(23)2)26(31)24-25(20-5-8-22(34-3)9-6-20)30(28(33)27(24)32)12-11-29-13-16-35-17-14-29/h5-10,18,25,31H,4,11-17H2,1-3H3/b26-24+. The molecule has 2 aliphatic rings. The van der Waals surface area contributed by atoms with Crippen molar-refractivity contribution in [2.24, 2.45) is 0 Å². The largest absolute Gasteiger partial charge is 0.507 e. The monoisotopic (exact) mass is 494 g/mol. The van der Waals surface area contributed by atoms with Crippen LogP contribution in [0.15, 0.2) is 48.0 Å². The lowest BCUT2D eigenvalue weighted by atomic mass is 9.94. The van der Waals surface area contributed by atoms with Gasteiger partial charge in [-0.1, -0.05) is 19.1 Å². The highest BCUT2D eigenvalue weighted by Crippen LogP contribution is 2.40. The molecule has 2 heterocycles. The van der Waals surface area contributed by atoms with Crippen LogP contribution in [-0.4, -0.2) is 79.7 Å². The van der Waals surface area contributed by atoms with Gasteiger partial charge in [-0.25, -0.2) is 0 Å². The van der Waals surface area contributed by atoms with Gasteiger partial charge in [-0.3, -0.25) is 14.5 Å². The average molecular weight is 495 g/mol. The van der Waals surface area contributed by atoms with Crippen LogP contribution in [0.25, 0.3) is 5.76 Å². The number of aryl methyl sites for hydroxylation is 1. The Morgan fingerprint density at radius 3 is 2.44 bits per heavy atom. The van der Waals surface area contributed by atoms with Crippen molar-refractivity contribution >= 4 is 17.4 Å². The Kier molecular flexibility index (Phi) is 8.28. The molecule has 2 saturated heterocycles. The van der Waals surface area contributed by atoms with Crippen molar-refractivity contribution in [3.63, 3.8) is 0 Å². The number of morpholine rings is 1. The van der Waals surface area contributed by atoms with E-state index in [1.165, 1.54) is 0 Å². The number of carbonyl (C=O) groups excluding carboxylic acids is 2. The van der Waals surface area contributed by atoms with Crippen LogP contribution in [0, 0.1) is 6.92 Å². The van der Waals surface area contributed by atoms with Gasteiger partial charge in [0, 0.05) is 31.7 Å². The number of aliphatic hydroxyl groups excluding tert-OH is 1. The third-order valence-electron chi connectivity index (χ3n) is 6.64. The minimum absolute atomic E-state index is 0.0915. The number of likely N-dealkylation sites (tertiary alicyclic amines) is 1. The summed E-state index contributed by atoms with van der Waals surface area (Å²) in [6.07, 6.45) is 0.886. The normalized spacial score (nSPS) is 20.1. The zero-order valence-electron chi connectivity index (χ0n) is 21.2. The van der Waals surface area contributed by atoms with Gasteiger partial charge in [0.2, 0.25) is 0 Å². The fraction of sp³-hybridized carbons (Fsp3) is 0.429. The van der Waals surface area contributed by atoms with E-state index in [0.29, 0.717) is 44.2 Å². The first-order valence-corrected chi connectivity index (χ1v) is 12.4. The molecular formula is C28H34N2O6. The molecule has 1 unspecified atom stereocenters. The van der Waals surface area contributed by atoms with E-state index < -0.39 is 17.7 Å². The summed E-state index contributed by atoms with van der Waals surface area (Å²) in [5.41, 5.74) is 2.14. The molecule has 0 bridgehead atoms. The molecular weight excluding hydrogens is 460 g/mol. The first-order chi connectivity index (χ1) is 17.4. The second kappa shape index (κ2) is 11.6. The molecule has 0 radical (unpaired) electrons. The van der Waals surface area contributed by atoms with E-state index in [9.17, 15) is 14.7 Å². The third-order valence-corrected chi connectivity index (χ3v) is 6.64. The summed E-state index contributed by atoms with van der Waals surface area (Å²) in [6.45, 7) is 8.36. The first kappa shape index (κ1) is 25.7. The number of methoxy groups -OCH3 is 1. The van der Waals surface area contributed by atoms with E-state index in [-0.39, 0.29) is 11.3 Å². The number of rotatable bonds is 9. The Morgan fingerprint density at radius 2 is 1.81 bits per heavy atom. The third kappa shape index (κ3) is 5.39. The maximum absolute atomic E-state index is 13.3. The molecule has 0 saturated carbocycles. The van der Waals surface area contributed by atoms with Crippen LogP contribution in [0.3, 0.4) is 0 Å². The van der Waals surface area contributed by atoms with Crippen molar-refractivity contribution in [1.29, 1.82) is 0 Å². The minimum Gasteiger partial charge on any atom is -0.507 e. The number of carbonyl (C=O) groups is 2. The summed E-state index contributed by atoms with van der Waals surface area (Å²) < 4.78 is 16.5. The van der Waals surface area contributed by atoms with E-state index in [1.807, 2.05) is 26.0 Å². The van der Waals surface area contributed by atoms with Crippen LogP contribution < -0.4 is 9.47 Å². The molecule has 1 atom stereocenters. The molecule has 2 aliphatic heterocycles. The van der Waals surface area contributed by atoms with E-state index >= 15 is 0 Å². The topological polar surface area (TPSA) is 88.5 Å². The molecule has 1 amide bonds. The lowest BCUT2D eigenvalue weighted by Crippen LogP contribution is -2.42. The van der Waals surface area contributed by atoms with Gasteiger partial charge in [0.25, 0.3) is 11.7 Å². The highest BCUT2D eigenvalue weighted by molar-refractivity contribution is 6.46. The van der Waals surface area contributed by atoms with Crippen LogP contribution in [-0.2, 0) is 14.3 Å². The molecule has 1 N–H and O–H groups in total. The summed E-state index contributed by atoms with van der Waals surface area (Å²) in [4.78, 5) is 30.3. The van der Waals surface area contributed by atoms with E-state index in [2.05, 4.69) is 4.90 Å². The molecule has 36 heavy (non-hydrogen) atoms. The Labute approximate surface area is 212 Å². The summed E-state index contributed by atoms with van der Waals surface area (Å²) in [5, 5.41) is 11.4. The van der Waals surface area contributed by atoms with Crippen LogP contribution in [0.5, 0.6) is 11.5 Å². The number of Topliss-reactive ketones (excluding diaryl/α,β-unsaturated/α-hetero) is 1. The molecule has 8 nitrogen and oxygen atoms in total. The molecule has 2 aromatic rings. The number of amides is 1. The van der Waals surface area contributed by atoms with Gasteiger partial charge < -0.3 is 24.2 Å². The predicted molar refractivity (Wildman–Crippen MR) is 136 cm³/mol. The van der Waals surface area contributed by atoms with Gasteiger partial charge >= 0.3 is 0 Å². The lowest BCUT2D eigenvalue weighted by Gasteiger charge is -2.31. The first-order valence-electron chi connectivity index (χ1n) is 12.4. The number of ether oxygens (including phenoxy) is 3. The van der Waals surface area contributed by atoms with Crippen LogP contribution in [0.1, 0.15) is 36.1 Å². The summed E-state index contributed by atoms with van der Waals surface area (Å²) in [7, 11) is 1.58. The average Bonchev–Trinajstić information content (AvgIpc) is 3.16. The number of hydrogen-bond acceptors (Lipinski definition) is 7. The molecule has 2 aromatic carbocycles. The Morgan fingerprint density at radius 1 is 1.08 bits per heavy atom. The number of ketones is 1. The van der Waals surface area contributed by atoms with Gasteiger partial charge in [0.15, 0.2) is 0 Å². The summed E-state index contributed by atoms with van der Waals surface area (Å²) in [5.74, 6) is -0.0777. The van der Waals surface area contributed by atoms with Gasteiger partial charge in [0.05, 0.1) is 38.5 Å². The Balaban J connectivity index is 1.71. The fourth-order valence-corrected chi connectivity index (χ4v) is 4.64. The van der Waals surface area contributed by atoms with Crippen molar-refractivity contribution in [3.05, 3.63) is 64.7 Å². The molecule has 0 aliphatic carbocycles. The van der Waals surface area contributed by atoms with Crippen molar-refractivity contribution in [2.45, 2.75) is 26.3 Å². The zero-order chi connectivity index (χ0) is 25.7. The highest BCUT2D eigenvalue weighted by Gasteiger charge is 2.46. The van der Waals surface area contributed by atoms with E-state index in [0.717, 1.165) is 36.4 Å². The van der Waals surface area contributed by atoms with Crippen molar-refractivity contribution in [1.82, 2.24) is 9.80 Å². The fourth-order valence-electron chi connectivity index (χ4n) is 4.64. The lowest BCUT2D eigenvalue weighted by molar-refractivity contribution is -0.140. The number of benzene rings is 2.